The van der Waals surface area contributed by atoms with Crippen molar-refractivity contribution in [1.82, 2.24) is 20.9 Å². The number of amides is 4. The largest absolute Gasteiger partial charge is 0.445 e. The molecule has 2 aliphatic carbocycles. The Bertz CT molecular complexity index is 2080. The molecule has 21 nitrogen and oxygen atoms in total. The summed E-state index contributed by atoms with van der Waals surface area (Å²) in [5, 5.41) is 29.9. The smallest absolute Gasteiger partial charge is 0.410 e. The van der Waals surface area contributed by atoms with E-state index in [1.807, 2.05) is 67.6 Å². The van der Waals surface area contributed by atoms with Gasteiger partial charge in [0.25, 0.3) is 0 Å². The Morgan fingerprint density at radius 2 is 1.42 bits per heavy atom. The summed E-state index contributed by atoms with van der Waals surface area (Å²) in [7, 11) is 1.52. The van der Waals surface area contributed by atoms with Crippen molar-refractivity contribution in [2.45, 2.75) is 169 Å². The molecule has 2 saturated carbocycles. The van der Waals surface area contributed by atoms with Gasteiger partial charge >= 0.3 is 24.4 Å². The van der Waals surface area contributed by atoms with Crippen LogP contribution in [0.3, 0.4) is 0 Å². The highest BCUT2D eigenvalue weighted by Gasteiger charge is 2.63. The van der Waals surface area contributed by atoms with Gasteiger partial charge in [0, 0.05) is 25.8 Å². The lowest BCUT2D eigenvalue weighted by Gasteiger charge is -2.51. The van der Waals surface area contributed by atoms with Gasteiger partial charge < -0.3 is 78.3 Å². The van der Waals surface area contributed by atoms with Crippen molar-refractivity contribution >= 4 is 24.4 Å². The van der Waals surface area contributed by atoms with Gasteiger partial charge in [0.05, 0.1) is 24.8 Å². The molecule has 67 heavy (non-hydrogen) atoms. The van der Waals surface area contributed by atoms with Crippen molar-refractivity contribution in [2.75, 3.05) is 13.7 Å². The second kappa shape index (κ2) is 19.3. The van der Waals surface area contributed by atoms with Gasteiger partial charge in [-0.15, -0.1) is 0 Å². The summed E-state index contributed by atoms with van der Waals surface area (Å²) in [6, 6.07) is 15.4. The molecule has 6 aliphatic heterocycles. The maximum absolute atomic E-state index is 13.7. The maximum Gasteiger partial charge on any atom is 0.410 e. The molecule has 0 radical (unpaired) electrons. The molecular weight excluding hydrogens is 881 g/mol. The molecule has 1 spiro atoms. The molecule has 10 rings (SSSR count). The Labute approximate surface area is 386 Å². The lowest BCUT2D eigenvalue weighted by atomic mass is 9.83. The van der Waals surface area contributed by atoms with E-state index in [2.05, 4.69) is 16.0 Å². The number of carbonyl (C=O) groups is 4. The van der Waals surface area contributed by atoms with E-state index in [1.165, 1.54) is 11.9 Å². The second-order valence-electron chi connectivity index (χ2n) is 18.7. The summed E-state index contributed by atoms with van der Waals surface area (Å²) in [6.07, 6.45) is -10.3. The summed E-state index contributed by atoms with van der Waals surface area (Å²) in [4.78, 5) is 53.8. The minimum Gasteiger partial charge on any atom is -0.445 e. The van der Waals surface area contributed by atoms with Gasteiger partial charge in [-0.2, -0.15) is 0 Å². The fourth-order valence-corrected chi connectivity index (χ4v) is 10.8. The number of hydrogen-bond donors (Lipinski definition) is 5. The SMILES string of the molecule is CC1C[C@@H]2OC(O[C@H]3OC(CO)[C@H]4NC(=O)O[C@@H]4C3O)C3C(OC(=O)N3C)C2O[C@@H]1O[C@@H]1C(NC(=O)OCc2ccccc2)C[C@@H](NC(=O)OCc2ccccc2)C2OC3(CCCCC3)O[C@H]21. The summed E-state index contributed by atoms with van der Waals surface area (Å²) in [5.41, 5.74) is 1.61. The number of nitrogens with one attached hydrogen (secondary N) is 3. The van der Waals surface area contributed by atoms with E-state index in [-0.39, 0.29) is 25.6 Å². The molecule has 8 fully saturated rings. The van der Waals surface area contributed by atoms with Crippen LogP contribution in [0.1, 0.15) is 63.0 Å². The number of benzene rings is 2. The number of rotatable bonds is 11. The maximum atomic E-state index is 13.7. The highest BCUT2D eigenvalue weighted by atomic mass is 16.8. The molecule has 2 aromatic rings. The zero-order chi connectivity index (χ0) is 46.4. The van der Waals surface area contributed by atoms with Crippen LogP contribution in [-0.4, -0.2) is 157 Å². The van der Waals surface area contributed by atoms with Gasteiger partial charge in [-0.3, -0.25) is 4.90 Å². The number of nitrogens with zero attached hydrogens (tertiary/aromatic N) is 1. The Morgan fingerprint density at radius 1 is 0.761 bits per heavy atom. The molecule has 17 atom stereocenters. The first kappa shape index (κ1) is 45.9. The Morgan fingerprint density at radius 3 is 2.09 bits per heavy atom. The third-order valence-corrected chi connectivity index (χ3v) is 14.2. The predicted molar refractivity (Wildman–Crippen MR) is 225 cm³/mol. The Balaban J connectivity index is 0.888. The van der Waals surface area contributed by atoms with Gasteiger partial charge in [0.15, 0.2) is 36.9 Å². The second-order valence-corrected chi connectivity index (χ2v) is 18.7. The third-order valence-electron chi connectivity index (χ3n) is 14.2. The lowest BCUT2D eigenvalue weighted by molar-refractivity contribution is -0.373. The first-order valence-corrected chi connectivity index (χ1v) is 23.2. The van der Waals surface area contributed by atoms with Gasteiger partial charge in [-0.05, 0) is 36.8 Å². The molecule has 9 unspecified atom stereocenters. The van der Waals surface area contributed by atoms with Crippen LogP contribution in [0.4, 0.5) is 19.2 Å². The first-order chi connectivity index (χ1) is 32.5. The van der Waals surface area contributed by atoms with E-state index < -0.39 is 135 Å². The molecule has 8 aliphatic rings. The number of carbonyl (C=O) groups excluding carboxylic acids is 4. The monoisotopic (exact) mass is 938 g/mol. The number of ether oxygens (including phenoxy) is 11. The average molecular weight is 939 g/mol. The van der Waals surface area contributed by atoms with Crippen LogP contribution in [0.5, 0.6) is 0 Å². The number of hydrogen-bond acceptors (Lipinski definition) is 17. The standard InChI is InChI=1S/C46H58N4O17/c1-23-18-28-35(37-31(50(2)45(56)64-37)40(59-28)65-41-32(52)36-30(29(20-51)60-41)49-44(55)63-36)62-39(23)61-33-26(47-42(53)57-21-24-12-6-3-7-13-24)19-27(48-43(54)58-22-25-14-8-4-9-15-25)34-38(33)67-46(66-34)16-10-5-11-17-46/h3-4,6-9,12-15,23,26-41,51-52H,5,10-11,16-22H2,1-2H3,(H,47,53)(H,48,54)(H,49,55)/t23?,26?,27-,28+,29?,30-,31?,32?,33-,34?,35?,36+,37?,38+,39+,40?,41-/m1/s1. The Hall–Kier alpha value is -4.84. The van der Waals surface area contributed by atoms with Crippen molar-refractivity contribution in [3.05, 3.63) is 71.8 Å². The topological polar surface area (TPSA) is 250 Å². The van der Waals surface area contributed by atoms with E-state index >= 15 is 0 Å². The van der Waals surface area contributed by atoms with Crippen molar-refractivity contribution < 1.29 is 81.5 Å². The van der Waals surface area contributed by atoms with E-state index in [4.69, 9.17) is 52.1 Å². The summed E-state index contributed by atoms with van der Waals surface area (Å²) in [5.74, 6) is -1.31. The van der Waals surface area contributed by atoms with Gasteiger partial charge in [-0.1, -0.05) is 74.0 Å². The van der Waals surface area contributed by atoms with Crippen LogP contribution in [0, 0.1) is 5.92 Å². The number of alkyl carbamates (subject to hydrolysis) is 3. The van der Waals surface area contributed by atoms with Gasteiger partial charge in [0.1, 0.15) is 61.9 Å². The van der Waals surface area contributed by atoms with Crippen LogP contribution in [0.15, 0.2) is 60.7 Å². The summed E-state index contributed by atoms with van der Waals surface area (Å²) in [6.45, 7) is 1.48. The number of likely N-dealkylation sites (N-methyl/N-ethyl adjacent to an activating group) is 1. The van der Waals surface area contributed by atoms with E-state index in [9.17, 15) is 29.4 Å². The average Bonchev–Trinajstić information content (AvgIpc) is 4.00. The number of aliphatic hydroxyl groups excluding tert-OH is 2. The lowest BCUT2D eigenvalue weighted by Crippen LogP contribution is -2.67. The van der Waals surface area contributed by atoms with Crippen LogP contribution in [0.25, 0.3) is 0 Å². The molecule has 2 aromatic carbocycles. The highest BCUT2D eigenvalue weighted by Crippen LogP contribution is 2.48. The molecule has 4 amide bonds. The fourth-order valence-electron chi connectivity index (χ4n) is 10.8. The van der Waals surface area contributed by atoms with E-state index in [0.717, 1.165) is 30.4 Å². The Kier molecular flexibility index (Phi) is 13.2. The molecule has 364 valence electrons. The minimum absolute atomic E-state index is 0.0130. The van der Waals surface area contributed by atoms with Crippen molar-refractivity contribution in [1.29, 1.82) is 0 Å². The van der Waals surface area contributed by atoms with E-state index in [0.29, 0.717) is 19.3 Å². The molecule has 0 bridgehead atoms. The first-order valence-electron chi connectivity index (χ1n) is 23.2. The van der Waals surface area contributed by atoms with Crippen molar-refractivity contribution in [3.8, 4) is 0 Å². The number of aliphatic hydroxyl groups is 2. The van der Waals surface area contributed by atoms with Crippen LogP contribution in [0.2, 0.25) is 0 Å². The minimum atomic E-state index is -1.46. The predicted octanol–water partition coefficient (Wildman–Crippen LogP) is 2.68. The highest BCUT2D eigenvalue weighted by molar-refractivity contribution is 5.71. The zero-order valence-electron chi connectivity index (χ0n) is 37.1. The van der Waals surface area contributed by atoms with Gasteiger partial charge in [-0.25, -0.2) is 19.2 Å². The number of fused-ring (bicyclic) bond motifs is 5. The summed E-state index contributed by atoms with van der Waals surface area (Å²) < 4.78 is 68.8. The summed E-state index contributed by atoms with van der Waals surface area (Å²) >= 11 is 0. The van der Waals surface area contributed by atoms with E-state index in [1.54, 1.807) is 0 Å². The molecule has 6 heterocycles. The molecule has 5 N–H and O–H groups in total. The van der Waals surface area contributed by atoms with Crippen LogP contribution < -0.4 is 16.0 Å². The molecule has 6 saturated heterocycles. The molecular formula is C46H58N4O17. The molecule has 21 heteroatoms. The van der Waals surface area contributed by atoms with Gasteiger partial charge in [0.2, 0.25) is 0 Å². The molecule has 0 aromatic heterocycles. The van der Waals surface area contributed by atoms with Crippen LogP contribution in [-0.2, 0) is 65.3 Å². The quantitative estimate of drug-likeness (QED) is 0.203. The van der Waals surface area contributed by atoms with Crippen molar-refractivity contribution in [2.24, 2.45) is 5.92 Å². The zero-order valence-corrected chi connectivity index (χ0v) is 37.1. The normalized spacial score (nSPS) is 39.4. The van der Waals surface area contributed by atoms with Crippen LogP contribution >= 0.6 is 0 Å². The fraction of sp³-hybridized carbons (Fsp3) is 0.652. The third kappa shape index (κ3) is 9.37. The van der Waals surface area contributed by atoms with Crippen molar-refractivity contribution in [3.63, 3.8) is 0 Å².